The fraction of sp³-hybridized carbons (Fsp3) is 0.524. The third-order valence-corrected chi connectivity index (χ3v) is 6.33. The van der Waals surface area contributed by atoms with Crippen LogP contribution in [0.25, 0.3) is 0 Å². The van der Waals surface area contributed by atoms with Gasteiger partial charge in [-0.2, -0.15) is 5.10 Å². The van der Waals surface area contributed by atoms with Crippen molar-refractivity contribution in [3.8, 4) is 0 Å². The van der Waals surface area contributed by atoms with Crippen LogP contribution < -0.4 is 11.0 Å². The molecular weight excluding hydrogens is 406 g/mol. The maximum atomic E-state index is 12.6. The van der Waals surface area contributed by atoms with Crippen molar-refractivity contribution in [3.63, 3.8) is 0 Å². The van der Waals surface area contributed by atoms with E-state index in [1.807, 2.05) is 17.9 Å². The lowest BCUT2D eigenvalue weighted by Gasteiger charge is -2.31. The third-order valence-electron chi connectivity index (χ3n) is 5.92. The molecule has 1 aliphatic carbocycles. The number of hydrogen-bond donors (Lipinski definition) is 1. The van der Waals surface area contributed by atoms with E-state index in [2.05, 4.69) is 10.4 Å². The summed E-state index contributed by atoms with van der Waals surface area (Å²) in [6.07, 6.45) is 3.57. The topological polar surface area (TPSA) is 89.2 Å². The Morgan fingerprint density at radius 3 is 2.53 bits per heavy atom. The molecule has 0 atom stereocenters. The summed E-state index contributed by atoms with van der Waals surface area (Å²) in [6, 6.07) is 5.27. The number of likely N-dealkylation sites (tertiary alicyclic amines) is 1. The van der Waals surface area contributed by atoms with Gasteiger partial charge >= 0.3 is 5.69 Å². The second kappa shape index (κ2) is 8.26. The number of carbonyl (C=O) groups excluding carboxylic acids is 2. The summed E-state index contributed by atoms with van der Waals surface area (Å²) in [4.78, 5) is 39.2. The predicted molar refractivity (Wildman–Crippen MR) is 114 cm³/mol. The number of halogens is 1. The van der Waals surface area contributed by atoms with Crippen LogP contribution in [0.5, 0.6) is 0 Å². The van der Waals surface area contributed by atoms with E-state index in [1.165, 1.54) is 9.25 Å². The molecule has 1 aliphatic heterocycles. The molecule has 0 unspecified atom stereocenters. The first-order chi connectivity index (χ1) is 14.3. The van der Waals surface area contributed by atoms with Gasteiger partial charge in [0.25, 0.3) is 0 Å². The number of hydrogen-bond acceptors (Lipinski definition) is 4. The van der Waals surface area contributed by atoms with Crippen molar-refractivity contribution < 1.29 is 9.59 Å². The molecule has 0 spiro atoms. The lowest BCUT2D eigenvalue weighted by molar-refractivity contribution is -0.133. The molecule has 0 bridgehead atoms. The van der Waals surface area contributed by atoms with Gasteiger partial charge < -0.3 is 10.2 Å². The Kier molecular flexibility index (Phi) is 5.69. The standard InChI is InChI=1S/C21H26ClN5O3/c1-13-3-6-16(11-17(13)22)23-18(28)12-27-21(30)25(2)19(24-27)14-7-9-26(10-8-14)20(29)15-4-5-15/h3,6,11,14-15H,4-5,7-10,12H2,1-2H3,(H,23,28). The van der Waals surface area contributed by atoms with Gasteiger partial charge in [0, 0.05) is 42.7 Å². The van der Waals surface area contributed by atoms with Crippen LogP contribution in [0, 0.1) is 12.8 Å². The second-order valence-corrected chi connectivity index (χ2v) is 8.65. The first kappa shape index (κ1) is 20.7. The smallest absolute Gasteiger partial charge is 0.342 e. The lowest BCUT2D eigenvalue weighted by Crippen LogP contribution is -2.39. The van der Waals surface area contributed by atoms with Crippen LogP contribution in [0.15, 0.2) is 23.0 Å². The number of aromatic nitrogens is 3. The summed E-state index contributed by atoms with van der Waals surface area (Å²) in [5.74, 6) is 0.926. The molecule has 2 amide bonds. The third kappa shape index (κ3) is 4.28. The molecule has 1 aromatic carbocycles. The van der Waals surface area contributed by atoms with E-state index in [0.717, 1.165) is 31.2 Å². The molecule has 9 heteroatoms. The van der Waals surface area contributed by atoms with Crippen LogP contribution >= 0.6 is 11.6 Å². The molecule has 2 fully saturated rings. The van der Waals surface area contributed by atoms with Gasteiger partial charge in [0.05, 0.1) is 0 Å². The highest BCUT2D eigenvalue weighted by molar-refractivity contribution is 6.31. The minimum Gasteiger partial charge on any atom is -0.342 e. The number of amides is 2. The Morgan fingerprint density at radius 1 is 1.20 bits per heavy atom. The van der Waals surface area contributed by atoms with E-state index in [-0.39, 0.29) is 35.9 Å². The second-order valence-electron chi connectivity index (χ2n) is 8.24. The fourth-order valence-electron chi connectivity index (χ4n) is 3.92. The molecule has 1 aromatic heterocycles. The van der Waals surface area contributed by atoms with Gasteiger partial charge in [-0.3, -0.25) is 14.2 Å². The zero-order valence-corrected chi connectivity index (χ0v) is 18.0. The van der Waals surface area contributed by atoms with Crippen molar-refractivity contribution in [1.29, 1.82) is 0 Å². The Balaban J connectivity index is 1.40. The number of carbonyl (C=O) groups is 2. The predicted octanol–water partition coefficient (Wildman–Crippen LogP) is 2.30. The van der Waals surface area contributed by atoms with Crippen molar-refractivity contribution in [2.75, 3.05) is 18.4 Å². The number of benzene rings is 1. The molecule has 0 radical (unpaired) electrons. The molecule has 1 saturated heterocycles. The number of aryl methyl sites for hydroxylation is 1. The van der Waals surface area contributed by atoms with E-state index in [1.54, 1.807) is 19.2 Å². The quantitative estimate of drug-likeness (QED) is 0.786. The summed E-state index contributed by atoms with van der Waals surface area (Å²) in [6.45, 7) is 3.10. The van der Waals surface area contributed by atoms with Crippen molar-refractivity contribution in [2.45, 2.75) is 45.1 Å². The molecule has 2 aliphatic rings. The van der Waals surface area contributed by atoms with Crippen molar-refractivity contribution >= 4 is 29.1 Å². The van der Waals surface area contributed by atoms with Crippen LogP contribution in [0.1, 0.15) is 43.0 Å². The molecule has 8 nitrogen and oxygen atoms in total. The molecule has 1 N–H and O–H groups in total. The van der Waals surface area contributed by atoms with Gasteiger partial charge in [-0.15, -0.1) is 0 Å². The van der Waals surface area contributed by atoms with Gasteiger partial charge in [-0.05, 0) is 50.3 Å². The molecular formula is C21H26ClN5O3. The van der Waals surface area contributed by atoms with E-state index in [4.69, 9.17) is 11.6 Å². The van der Waals surface area contributed by atoms with E-state index < -0.39 is 0 Å². The monoisotopic (exact) mass is 431 g/mol. The highest BCUT2D eigenvalue weighted by Crippen LogP contribution is 2.33. The SMILES string of the molecule is Cc1ccc(NC(=O)Cn2nc(C3CCN(C(=O)C4CC4)CC3)n(C)c2=O)cc1Cl. The maximum absolute atomic E-state index is 12.6. The Labute approximate surface area is 179 Å². The number of nitrogens with one attached hydrogen (secondary N) is 1. The lowest BCUT2D eigenvalue weighted by atomic mass is 9.95. The first-order valence-electron chi connectivity index (χ1n) is 10.3. The van der Waals surface area contributed by atoms with Crippen LogP contribution in [-0.2, 0) is 23.2 Å². The van der Waals surface area contributed by atoms with Gasteiger partial charge in [-0.25, -0.2) is 9.48 Å². The zero-order valence-electron chi connectivity index (χ0n) is 17.2. The molecule has 160 valence electrons. The Morgan fingerprint density at radius 2 is 1.90 bits per heavy atom. The van der Waals surface area contributed by atoms with Gasteiger partial charge in [0.15, 0.2) is 0 Å². The summed E-state index contributed by atoms with van der Waals surface area (Å²) in [7, 11) is 1.68. The van der Waals surface area contributed by atoms with Crippen LogP contribution in [0.2, 0.25) is 5.02 Å². The summed E-state index contributed by atoms with van der Waals surface area (Å²) in [5, 5.41) is 7.76. The molecule has 2 aromatic rings. The number of nitrogens with zero attached hydrogens (tertiary/aromatic N) is 4. The number of anilines is 1. The van der Waals surface area contributed by atoms with Crippen molar-refractivity contribution in [2.24, 2.45) is 13.0 Å². The molecule has 2 heterocycles. The van der Waals surface area contributed by atoms with Gasteiger partial charge in [0.2, 0.25) is 11.8 Å². The van der Waals surface area contributed by atoms with E-state index in [0.29, 0.717) is 29.6 Å². The number of rotatable bonds is 5. The first-order valence-corrected chi connectivity index (χ1v) is 10.7. The van der Waals surface area contributed by atoms with E-state index >= 15 is 0 Å². The largest absolute Gasteiger partial charge is 0.346 e. The van der Waals surface area contributed by atoms with Crippen molar-refractivity contribution in [1.82, 2.24) is 19.2 Å². The highest BCUT2D eigenvalue weighted by Gasteiger charge is 2.36. The summed E-state index contributed by atoms with van der Waals surface area (Å²) < 4.78 is 2.71. The van der Waals surface area contributed by atoms with Crippen molar-refractivity contribution in [3.05, 3.63) is 45.1 Å². The number of piperidine rings is 1. The Bertz CT molecular complexity index is 1030. The molecule has 30 heavy (non-hydrogen) atoms. The normalized spacial score (nSPS) is 17.2. The maximum Gasteiger partial charge on any atom is 0.346 e. The Hall–Kier alpha value is -2.61. The van der Waals surface area contributed by atoms with Crippen LogP contribution in [0.3, 0.4) is 0 Å². The molecule has 1 saturated carbocycles. The summed E-state index contributed by atoms with van der Waals surface area (Å²) in [5.41, 5.74) is 1.18. The highest BCUT2D eigenvalue weighted by atomic mass is 35.5. The van der Waals surface area contributed by atoms with Crippen LogP contribution in [0.4, 0.5) is 5.69 Å². The van der Waals surface area contributed by atoms with Gasteiger partial charge in [-0.1, -0.05) is 17.7 Å². The minimum absolute atomic E-state index is 0.103. The van der Waals surface area contributed by atoms with Crippen LogP contribution in [-0.4, -0.2) is 44.2 Å². The average molecular weight is 432 g/mol. The fourth-order valence-corrected chi connectivity index (χ4v) is 4.10. The van der Waals surface area contributed by atoms with Gasteiger partial charge in [0.1, 0.15) is 12.4 Å². The summed E-state index contributed by atoms with van der Waals surface area (Å²) >= 11 is 6.10. The minimum atomic E-state index is -0.341. The van der Waals surface area contributed by atoms with E-state index in [9.17, 15) is 14.4 Å². The molecule has 4 rings (SSSR count). The zero-order chi connectivity index (χ0) is 21.4. The average Bonchev–Trinajstić information content (AvgIpc) is 3.54.